The third-order valence-corrected chi connectivity index (χ3v) is 2.92. The van der Waals surface area contributed by atoms with Gasteiger partial charge in [0.25, 0.3) is 0 Å². The topological polar surface area (TPSA) is 26.3 Å². The molecule has 1 rings (SSSR count). The van der Waals surface area contributed by atoms with Crippen LogP contribution in [0.3, 0.4) is 0 Å². The summed E-state index contributed by atoms with van der Waals surface area (Å²) < 4.78 is 4.81. The summed E-state index contributed by atoms with van der Waals surface area (Å²) in [6.07, 6.45) is 0.775. The fourth-order valence-corrected chi connectivity index (χ4v) is 1.81. The Morgan fingerprint density at radius 1 is 1.40 bits per heavy atom. The van der Waals surface area contributed by atoms with Crippen molar-refractivity contribution in [2.75, 3.05) is 7.11 Å². The van der Waals surface area contributed by atoms with Crippen LogP contribution in [-0.2, 0) is 9.53 Å². The lowest BCUT2D eigenvalue weighted by Crippen LogP contribution is -2.14. The highest BCUT2D eigenvalue weighted by molar-refractivity contribution is 5.78. The van der Waals surface area contributed by atoms with Gasteiger partial charge < -0.3 is 4.74 Å². The predicted octanol–water partition coefficient (Wildman–Crippen LogP) is 2.97. The fourth-order valence-electron chi connectivity index (χ4n) is 1.81. The van der Waals surface area contributed by atoms with Crippen molar-refractivity contribution in [1.82, 2.24) is 0 Å². The van der Waals surface area contributed by atoms with E-state index in [9.17, 15) is 4.79 Å². The highest BCUT2D eigenvalue weighted by Gasteiger charge is 2.21. The number of carbonyl (C=O) groups excluding carboxylic acids is 1. The molecule has 2 heteroatoms. The van der Waals surface area contributed by atoms with Crippen LogP contribution in [0.2, 0.25) is 0 Å². The van der Waals surface area contributed by atoms with Gasteiger partial charge in [-0.25, -0.2) is 0 Å². The largest absolute Gasteiger partial charge is 0.469 e. The highest BCUT2D eigenvalue weighted by Crippen LogP contribution is 2.25. The van der Waals surface area contributed by atoms with Crippen LogP contribution in [0.25, 0.3) is 0 Å². The zero-order valence-electron chi connectivity index (χ0n) is 9.83. The third kappa shape index (κ3) is 2.38. The Hall–Kier alpha value is -1.31. The minimum Gasteiger partial charge on any atom is -0.469 e. The Morgan fingerprint density at radius 3 is 2.60 bits per heavy atom. The summed E-state index contributed by atoms with van der Waals surface area (Å²) in [5.74, 6) is -0.277. The first kappa shape index (κ1) is 11.8. The van der Waals surface area contributed by atoms with Crippen molar-refractivity contribution in [3.8, 4) is 0 Å². The molecule has 15 heavy (non-hydrogen) atoms. The van der Waals surface area contributed by atoms with Crippen molar-refractivity contribution in [2.24, 2.45) is 0 Å². The van der Waals surface area contributed by atoms with Gasteiger partial charge in [0.15, 0.2) is 0 Å². The first-order valence-electron chi connectivity index (χ1n) is 5.25. The van der Waals surface area contributed by atoms with Crippen molar-refractivity contribution >= 4 is 5.97 Å². The molecular formula is C13H18O2. The second-order valence-electron chi connectivity index (χ2n) is 3.77. The minimum atomic E-state index is -0.147. The SMILES string of the molecule is CCC(C(=O)OC)c1cccc(C)c1C. The Bertz CT molecular complexity index is 356. The number of carbonyl (C=O) groups is 1. The molecule has 0 heterocycles. The van der Waals surface area contributed by atoms with Crippen LogP contribution in [0.15, 0.2) is 18.2 Å². The minimum absolute atomic E-state index is 0.130. The predicted molar refractivity (Wildman–Crippen MR) is 61.0 cm³/mol. The maximum atomic E-state index is 11.6. The molecule has 0 amide bonds. The van der Waals surface area contributed by atoms with Crippen LogP contribution in [0, 0.1) is 13.8 Å². The van der Waals surface area contributed by atoms with Gasteiger partial charge in [-0.2, -0.15) is 0 Å². The maximum absolute atomic E-state index is 11.6. The fraction of sp³-hybridized carbons (Fsp3) is 0.462. The van der Waals surface area contributed by atoms with Crippen molar-refractivity contribution in [3.05, 3.63) is 34.9 Å². The van der Waals surface area contributed by atoms with E-state index in [1.807, 2.05) is 19.1 Å². The quantitative estimate of drug-likeness (QED) is 0.711. The van der Waals surface area contributed by atoms with Crippen molar-refractivity contribution in [3.63, 3.8) is 0 Å². The van der Waals surface area contributed by atoms with E-state index in [0.29, 0.717) is 0 Å². The Morgan fingerprint density at radius 2 is 2.07 bits per heavy atom. The van der Waals surface area contributed by atoms with E-state index in [2.05, 4.69) is 19.9 Å². The number of methoxy groups -OCH3 is 1. The molecule has 0 aliphatic carbocycles. The first-order chi connectivity index (χ1) is 7.11. The standard InChI is InChI=1S/C13H18O2/c1-5-11(13(14)15-4)12-8-6-7-9(2)10(12)3/h6-8,11H,5H2,1-4H3. The average Bonchev–Trinajstić information content (AvgIpc) is 2.24. The average molecular weight is 206 g/mol. The zero-order chi connectivity index (χ0) is 11.4. The lowest BCUT2D eigenvalue weighted by Gasteiger charge is -2.16. The first-order valence-corrected chi connectivity index (χ1v) is 5.25. The molecule has 0 N–H and O–H groups in total. The zero-order valence-corrected chi connectivity index (χ0v) is 9.83. The van der Waals surface area contributed by atoms with Gasteiger partial charge in [0.2, 0.25) is 0 Å². The summed E-state index contributed by atoms with van der Waals surface area (Å²) in [7, 11) is 1.44. The molecule has 0 aromatic heterocycles. The Labute approximate surface area is 91.3 Å². The lowest BCUT2D eigenvalue weighted by atomic mass is 9.90. The molecule has 0 fully saturated rings. The van der Waals surface area contributed by atoms with Crippen LogP contribution in [0.4, 0.5) is 0 Å². The van der Waals surface area contributed by atoms with Gasteiger partial charge in [0.05, 0.1) is 13.0 Å². The molecule has 1 aromatic rings. The maximum Gasteiger partial charge on any atom is 0.313 e. The normalized spacial score (nSPS) is 12.3. The number of ether oxygens (including phenoxy) is 1. The summed E-state index contributed by atoms with van der Waals surface area (Å²) in [5.41, 5.74) is 3.49. The van der Waals surface area contributed by atoms with E-state index in [0.717, 1.165) is 12.0 Å². The van der Waals surface area contributed by atoms with E-state index in [4.69, 9.17) is 4.74 Å². The molecule has 0 saturated carbocycles. The van der Waals surface area contributed by atoms with E-state index >= 15 is 0 Å². The van der Waals surface area contributed by atoms with Gasteiger partial charge in [-0.1, -0.05) is 25.1 Å². The molecular weight excluding hydrogens is 188 g/mol. The van der Waals surface area contributed by atoms with Crippen LogP contribution in [0.5, 0.6) is 0 Å². The third-order valence-electron chi connectivity index (χ3n) is 2.92. The second kappa shape index (κ2) is 4.96. The smallest absolute Gasteiger partial charge is 0.313 e. The number of hydrogen-bond donors (Lipinski definition) is 0. The summed E-state index contributed by atoms with van der Waals surface area (Å²) >= 11 is 0. The number of aryl methyl sites for hydroxylation is 1. The summed E-state index contributed by atoms with van der Waals surface area (Å²) in [6.45, 7) is 6.11. The van der Waals surface area contributed by atoms with E-state index < -0.39 is 0 Å². The molecule has 0 radical (unpaired) electrons. The molecule has 2 nitrogen and oxygen atoms in total. The van der Waals surface area contributed by atoms with E-state index in [-0.39, 0.29) is 11.9 Å². The molecule has 0 saturated heterocycles. The van der Waals surface area contributed by atoms with Crippen LogP contribution < -0.4 is 0 Å². The monoisotopic (exact) mass is 206 g/mol. The van der Waals surface area contributed by atoms with Crippen LogP contribution in [-0.4, -0.2) is 13.1 Å². The van der Waals surface area contributed by atoms with Gasteiger partial charge in [-0.05, 0) is 37.0 Å². The highest BCUT2D eigenvalue weighted by atomic mass is 16.5. The molecule has 0 aliphatic rings. The molecule has 0 spiro atoms. The molecule has 0 aliphatic heterocycles. The molecule has 1 unspecified atom stereocenters. The number of hydrogen-bond acceptors (Lipinski definition) is 2. The van der Waals surface area contributed by atoms with Crippen LogP contribution in [0.1, 0.15) is 36.0 Å². The number of benzene rings is 1. The van der Waals surface area contributed by atoms with Gasteiger partial charge in [0.1, 0.15) is 0 Å². The Balaban J connectivity index is 3.12. The molecule has 0 bridgehead atoms. The van der Waals surface area contributed by atoms with Gasteiger partial charge in [-0.3, -0.25) is 4.79 Å². The van der Waals surface area contributed by atoms with Gasteiger partial charge in [0, 0.05) is 0 Å². The molecule has 1 aromatic carbocycles. The second-order valence-corrected chi connectivity index (χ2v) is 3.77. The Kier molecular flexibility index (Phi) is 3.89. The number of rotatable bonds is 3. The summed E-state index contributed by atoms with van der Waals surface area (Å²) in [6, 6.07) is 6.06. The molecule has 1 atom stereocenters. The molecule has 82 valence electrons. The van der Waals surface area contributed by atoms with Gasteiger partial charge >= 0.3 is 5.97 Å². The summed E-state index contributed by atoms with van der Waals surface area (Å²) in [4.78, 5) is 11.6. The van der Waals surface area contributed by atoms with Crippen LogP contribution >= 0.6 is 0 Å². The van der Waals surface area contributed by atoms with E-state index in [1.54, 1.807) is 0 Å². The van der Waals surface area contributed by atoms with E-state index in [1.165, 1.54) is 18.2 Å². The summed E-state index contributed by atoms with van der Waals surface area (Å²) in [5, 5.41) is 0. The van der Waals surface area contributed by atoms with Crippen molar-refractivity contribution in [2.45, 2.75) is 33.1 Å². The number of esters is 1. The lowest BCUT2D eigenvalue weighted by molar-refractivity contribution is -0.142. The van der Waals surface area contributed by atoms with Gasteiger partial charge in [-0.15, -0.1) is 0 Å². The van der Waals surface area contributed by atoms with Crippen molar-refractivity contribution < 1.29 is 9.53 Å². The van der Waals surface area contributed by atoms with Crippen molar-refractivity contribution in [1.29, 1.82) is 0 Å².